The molecule has 0 radical (unpaired) electrons. The van der Waals surface area contributed by atoms with Gasteiger partial charge in [-0.25, -0.2) is 0 Å². The molecule has 56 valence electrons. The molecule has 0 saturated carbocycles. The van der Waals surface area contributed by atoms with Crippen LogP contribution in [-0.4, -0.2) is 20.1 Å². The Balaban J connectivity index is -0.0000000146. The summed E-state index contributed by atoms with van der Waals surface area (Å²) in [5, 5.41) is 7.42. The van der Waals surface area contributed by atoms with Crippen molar-refractivity contribution in [3.05, 3.63) is 0 Å². The van der Waals surface area contributed by atoms with E-state index in [1.807, 2.05) is 0 Å². The first-order valence-corrected chi connectivity index (χ1v) is 3.38. The fourth-order valence-electron chi connectivity index (χ4n) is 0. The normalized spacial score (nSPS) is 6.54. The van der Waals surface area contributed by atoms with Crippen molar-refractivity contribution >= 4 is 15.0 Å². The van der Waals surface area contributed by atoms with E-state index >= 15 is 0 Å². The minimum atomic E-state index is -5.61. The first-order chi connectivity index (χ1) is 3.73. The number of aliphatic carboxylic acids is 1. The van der Waals surface area contributed by atoms with Crippen LogP contribution in [0.2, 0.25) is 0 Å². The SMILES string of the molecule is CC(=O)O.[Na+].[Na+].[Na+].[Na+].[O-][Si]([O-])([O-])[O-]. The molecule has 0 heterocycles. The molecule has 0 unspecified atom stereocenters. The average molecular weight is 244 g/mol. The second kappa shape index (κ2) is 20.9. The molecule has 0 spiro atoms. The predicted octanol–water partition coefficient (Wildman–Crippen LogP) is -17.0. The maximum atomic E-state index is 9.00. The number of hydrogen-bond acceptors (Lipinski definition) is 5. The van der Waals surface area contributed by atoms with E-state index in [9.17, 15) is 0 Å². The summed E-state index contributed by atoms with van der Waals surface area (Å²) in [5.41, 5.74) is 0. The van der Waals surface area contributed by atoms with Crippen LogP contribution in [-0.2, 0) is 4.79 Å². The van der Waals surface area contributed by atoms with E-state index in [4.69, 9.17) is 29.1 Å². The van der Waals surface area contributed by atoms with E-state index in [0.717, 1.165) is 6.92 Å². The molecule has 0 aromatic rings. The van der Waals surface area contributed by atoms with Crippen LogP contribution in [0.5, 0.6) is 0 Å². The molecular weight excluding hydrogens is 240 g/mol. The predicted molar refractivity (Wildman–Crippen MR) is 19.1 cm³/mol. The third-order valence-electron chi connectivity index (χ3n) is 0. The summed E-state index contributed by atoms with van der Waals surface area (Å²) in [6, 6.07) is 0. The van der Waals surface area contributed by atoms with Gasteiger partial charge < -0.3 is 33.3 Å². The topological polar surface area (TPSA) is 130 Å². The molecule has 0 aliphatic heterocycles. The Bertz CT molecular complexity index is 85.1. The van der Waals surface area contributed by atoms with Gasteiger partial charge in [0.25, 0.3) is 5.97 Å². The number of hydrogen-bond donors (Lipinski definition) is 1. The number of carboxylic acid groups (broad SMARTS) is 1. The maximum Gasteiger partial charge on any atom is 1.00 e. The van der Waals surface area contributed by atoms with Crippen molar-refractivity contribution in [2.24, 2.45) is 0 Å². The van der Waals surface area contributed by atoms with Crippen LogP contribution < -0.4 is 137 Å². The minimum absolute atomic E-state index is 0. The fourth-order valence-corrected chi connectivity index (χ4v) is 0. The standard InChI is InChI=1S/C2H4O2.4Na.O4Si/c1-2(3)4;;;;;1-5(2,3)4/h1H3,(H,3,4);;;;;/q;4*+1;-4. The summed E-state index contributed by atoms with van der Waals surface area (Å²) in [7, 11) is -5.61. The van der Waals surface area contributed by atoms with Gasteiger partial charge in [-0.2, -0.15) is 0 Å². The van der Waals surface area contributed by atoms with Gasteiger partial charge in [-0.05, 0) is 0 Å². The summed E-state index contributed by atoms with van der Waals surface area (Å²) < 4.78 is 0. The molecule has 0 aromatic carbocycles. The van der Waals surface area contributed by atoms with Crippen molar-refractivity contribution in [3.63, 3.8) is 0 Å². The van der Waals surface area contributed by atoms with Gasteiger partial charge in [0.1, 0.15) is 0 Å². The first-order valence-electron chi connectivity index (χ1n) is 1.74. The summed E-state index contributed by atoms with van der Waals surface area (Å²) in [6.07, 6.45) is 0. The summed E-state index contributed by atoms with van der Waals surface area (Å²) >= 11 is 0. The van der Waals surface area contributed by atoms with Crippen LogP contribution in [0.3, 0.4) is 0 Å². The Hall–Kier alpha value is 3.53. The third kappa shape index (κ3) is 228. The Morgan fingerprint density at radius 1 is 1.00 bits per heavy atom. The van der Waals surface area contributed by atoms with Crippen LogP contribution in [0.15, 0.2) is 0 Å². The Kier molecular flexibility index (Phi) is 57.8. The number of rotatable bonds is 0. The molecule has 0 saturated heterocycles. The Morgan fingerprint density at radius 3 is 1.00 bits per heavy atom. The van der Waals surface area contributed by atoms with Crippen molar-refractivity contribution in [1.82, 2.24) is 0 Å². The van der Waals surface area contributed by atoms with Crippen LogP contribution in [0.4, 0.5) is 0 Å². The number of carbonyl (C=O) groups is 1. The molecule has 0 rings (SSSR count). The van der Waals surface area contributed by atoms with Gasteiger partial charge in [-0.1, -0.05) is 0 Å². The minimum Gasteiger partial charge on any atom is -0.894 e. The van der Waals surface area contributed by atoms with Crippen molar-refractivity contribution in [2.75, 3.05) is 0 Å². The average Bonchev–Trinajstić information content (AvgIpc) is 1.19. The first kappa shape index (κ1) is 36.0. The molecule has 11 heteroatoms. The second-order valence-electron chi connectivity index (χ2n) is 1.02. The van der Waals surface area contributed by atoms with E-state index in [0.29, 0.717) is 0 Å². The van der Waals surface area contributed by atoms with Crippen LogP contribution in [0.25, 0.3) is 0 Å². The van der Waals surface area contributed by atoms with Gasteiger partial charge in [0.15, 0.2) is 0 Å². The van der Waals surface area contributed by atoms with Crippen molar-refractivity contribution < 1.29 is 147 Å². The third-order valence-corrected chi connectivity index (χ3v) is 0. The van der Waals surface area contributed by atoms with Gasteiger partial charge in [-0.15, -0.1) is 0 Å². The van der Waals surface area contributed by atoms with Crippen LogP contribution in [0.1, 0.15) is 6.92 Å². The summed E-state index contributed by atoms with van der Waals surface area (Å²) in [5.74, 6) is -0.833. The Morgan fingerprint density at radius 2 is 1.00 bits per heavy atom. The van der Waals surface area contributed by atoms with Crippen molar-refractivity contribution in [2.45, 2.75) is 6.92 Å². The van der Waals surface area contributed by atoms with E-state index in [1.54, 1.807) is 0 Å². The van der Waals surface area contributed by atoms with Gasteiger partial charge >= 0.3 is 118 Å². The van der Waals surface area contributed by atoms with Gasteiger partial charge in [0.05, 0.1) is 0 Å². The van der Waals surface area contributed by atoms with Gasteiger partial charge in [0.2, 0.25) is 0 Å². The fraction of sp³-hybridized carbons (Fsp3) is 0.500. The quantitative estimate of drug-likeness (QED) is 0.421. The molecule has 0 atom stereocenters. The van der Waals surface area contributed by atoms with E-state index in [-0.39, 0.29) is 118 Å². The smallest absolute Gasteiger partial charge is 0.894 e. The van der Waals surface area contributed by atoms with E-state index in [1.165, 1.54) is 0 Å². The molecule has 1 N–H and O–H groups in total. The zero-order valence-corrected chi connectivity index (χ0v) is 17.5. The molecule has 0 amide bonds. The van der Waals surface area contributed by atoms with Crippen molar-refractivity contribution in [3.8, 4) is 0 Å². The van der Waals surface area contributed by atoms with Gasteiger partial charge in [-0.3, -0.25) is 4.79 Å². The number of carboxylic acids is 1. The zero-order valence-electron chi connectivity index (χ0n) is 8.49. The van der Waals surface area contributed by atoms with Crippen LogP contribution >= 0.6 is 0 Å². The van der Waals surface area contributed by atoms with Crippen molar-refractivity contribution in [1.29, 1.82) is 0 Å². The summed E-state index contributed by atoms with van der Waals surface area (Å²) in [4.78, 5) is 43.3. The Labute approximate surface area is 166 Å². The van der Waals surface area contributed by atoms with E-state index < -0.39 is 15.0 Å². The maximum absolute atomic E-state index is 9.00. The molecule has 13 heavy (non-hydrogen) atoms. The molecule has 6 nitrogen and oxygen atoms in total. The van der Waals surface area contributed by atoms with E-state index in [2.05, 4.69) is 0 Å². The molecule has 0 aromatic heterocycles. The molecule has 0 bridgehead atoms. The summed E-state index contributed by atoms with van der Waals surface area (Å²) in [6.45, 7) is 1.08. The second-order valence-corrected chi connectivity index (χ2v) is 2.02. The molecule has 0 fully saturated rings. The largest absolute Gasteiger partial charge is 1.00 e. The monoisotopic (exact) mass is 244 g/mol. The van der Waals surface area contributed by atoms with Crippen LogP contribution in [0, 0.1) is 0 Å². The molecule has 0 aliphatic carbocycles. The molecular formula is C2H4Na4O6Si. The zero-order chi connectivity index (χ0) is 8.08. The van der Waals surface area contributed by atoms with Gasteiger partial charge in [0, 0.05) is 6.92 Å². The molecule has 0 aliphatic rings.